The zero-order chi connectivity index (χ0) is 42.0. The van der Waals surface area contributed by atoms with Crippen molar-refractivity contribution in [2.75, 3.05) is 55.2 Å². The first kappa shape index (κ1) is 43.6. The molecule has 1 amide bonds. The third-order valence-electron chi connectivity index (χ3n) is 9.92. The molecule has 0 spiro atoms. The van der Waals surface area contributed by atoms with Gasteiger partial charge in [0.1, 0.15) is 5.69 Å². The van der Waals surface area contributed by atoms with Gasteiger partial charge in [0.05, 0.1) is 15.4 Å². The summed E-state index contributed by atoms with van der Waals surface area (Å²) < 4.78 is 28.9. The largest absolute Gasteiger partial charge is 0.389 e. The number of nitrogens with one attached hydrogen (secondary N) is 3. The Labute approximate surface area is 355 Å². The Kier molecular flexibility index (Phi) is 14.7. The van der Waals surface area contributed by atoms with Gasteiger partial charge in [-0.25, -0.2) is 13.1 Å². The molecule has 1 heterocycles. The number of nitro benzene ring substituents is 1. The van der Waals surface area contributed by atoms with Gasteiger partial charge in [0.2, 0.25) is 0 Å². The van der Waals surface area contributed by atoms with Gasteiger partial charge in [-0.3, -0.25) is 19.8 Å². The Morgan fingerprint density at radius 3 is 2.27 bits per heavy atom. The lowest BCUT2D eigenvalue weighted by molar-refractivity contribution is -0.384. The number of sulfonamides is 1. The van der Waals surface area contributed by atoms with Crippen molar-refractivity contribution in [1.29, 1.82) is 0 Å². The average Bonchev–Trinajstić information content (AvgIpc) is 3.22. The smallest absolute Gasteiger partial charge is 0.293 e. The molecule has 4 N–H and O–H groups in total. The number of piperazine rings is 1. The van der Waals surface area contributed by atoms with Crippen molar-refractivity contribution in [1.82, 2.24) is 14.9 Å². The lowest BCUT2D eigenvalue weighted by Crippen LogP contribution is -2.46. The molecule has 6 rings (SSSR count). The van der Waals surface area contributed by atoms with Gasteiger partial charge in [0.25, 0.3) is 21.6 Å². The number of aliphatic hydroxyl groups is 1. The minimum Gasteiger partial charge on any atom is -0.389 e. The van der Waals surface area contributed by atoms with Crippen molar-refractivity contribution in [3.63, 3.8) is 0 Å². The maximum Gasteiger partial charge on any atom is 0.293 e. The van der Waals surface area contributed by atoms with Crippen molar-refractivity contribution in [3.8, 4) is 11.1 Å². The van der Waals surface area contributed by atoms with Gasteiger partial charge in [-0.05, 0) is 104 Å². The number of rotatable bonds is 18. The number of halogens is 1. The van der Waals surface area contributed by atoms with Crippen LogP contribution >= 0.6 is 23.4 Å². The Morgan fingerprint density at radius 2 is 1.59 bits per heavy atom. The van der Waals surface area contributed by atoms with Crippen LogP contribution < -0.4 is 20.3 Å². The molecule has 1 aliphatic rings. The van der Waals surface area contributed by atoms with Crippen molar-refractivity contribution in [2.45, 2.75) is 48.2 Å². The van der Waals surface area contributed by atoms with Crippen LogP contribution in [0.1, 0.15) is 36.2 Å². The van der Waals surface area contributed by atoms with Crippen LogP contribution in [0.2, 0.25) is 5.02 Å². The number of thioether (sulfide) groups is 1. The fraction of sp³-hybridized carbons (Fsp3) is 0.295. The highest BCUT2D eigenvalue weighted by Crippen LogP contribution is 2.31. The van der Waals surface area contributed by atoms with Crippen LogP contribution in [0, 0.1) is 10.1 Å². The van der Waals surface area contributed by atoms with E-state index in [0.717, 1.165) is 54.9 Å². The molecular weight excluding hydrogens is 808 g/mol. The molecule has 5 aromatic carbocycles. The van der Waals surface area contributed by atoms with Crippen molar-refractivity contribution >= 4 is 56.4 Å². The standard InChI is InChI=1S/C44H49ClN6O6S2/c1-44(2,53)31-46-23-22-36(30-58-38-9-4-3-5-10-38)47-41-21-20-39(28-42(41)51(54)55)59(56,57)48-43(52)33-14-18-37(19-15-33)50-26-24-49(25-27-50)29-34-8-6-7-11-40(34)32-12-16-35(45)17-13-32/h3-21,28,36,46-47,53H,22-27,29-31H2,1-2H3,(H,48,52)/t36-/m1/s1. The molecule has 1 aliphatic heterocycles. The molecule has 0 aromatic heterocycles. The summed E-state index contributed by atoms with van der Waals surface area (Å²) in [6, 6.07) is 36.1. The van der Waals surface area contributed by atoms with Gasteiger partial charge in [-0.1, -0.05) is 66.2 Å². The molecule has 0 bridgehead atoms. The molecule has 15 heteroatoms. The topological polar surface area (TPSA) is 157 Å². The molecule has 0 radical (unpaired) electrons. The highest BCUT2D eigenvalue weighted by atomic mass is 35.5. The molecule has 0 saturated carbocycles. The number of hydrogen-bond acceptors (Lipinski definition) is 11. The zero-order valence-electron chi connectivity index (χ0n) is 33.0. The fourth-order valence-electron chi connectivity index (χ4n) is 6.79. The van der Waals surface area contributed by atoms with E-state index >= 15 is 0 Å². The van der Waals surface area contributed by atoms with Gasteiger partial charge in [0.15, 0.2) is 0 Å². The van der Waals surface area contributed by atoms with E-state index in [0.29, 0.717) is 30.3 Å². The molecule has 0 aliphatic carbocycles. The maximum atomic E-state index is 13.4. The van der Waals surface area contributed by atoms with E-state index in [1.807, 2.05) is 60.7 Å². The number of anilines is 2. The zero-order valence-corrected chi connectivity index (χ0v) is 35.4. The maximum absolute atomic E-state index is 13.4. The van der Waals surface area contributed by atoms with Crippen LogP contribution in [-0.4, -0.2) is 85.9 Å². The van der Waals surface area contributed by atoms with E-state index in [1.54, 1.807) is 49.9 Å². The SMILES string of the molecule is CC(C)(O)CNCC[C@H](CSc1ccccc1)Nc1ccc(S(=O)(=O)NC(=O)c2ccc(N3CCN(Cc4ccccc4-c4ccc(Cl)cc4)CC3)cc2)cc1[N+](=O)[O-]. The van der Waals surface area contributed by atoms with E-state index in [1.165, 1.54) is 23.3 Å². The number of nitro groups is 1. The van der Waals surface area contributed by atoms with Crippen LogP contribution in [0.4, 0.5) is 17.1 Å². The van der Waals surface area contributed by atoms with Crippen molar-refractivity contribution < 1.29 is 23.2 Å². The van der Waals surface area contributed by atoms with Crippen LogP contribution in [-0.2, 0) is 16.6 Å². The lowest BCUT2D eigenvalue weighted by atomic mass is 9.99. The highest BCUT2D eigenvalue weighted by Gasteiger charge is 2.26. The number of benzene rings is 5. The van der Waals surface area contributed by atoms with E-state index in [2.05, 4.69) is 43.4 Å². The predicted octanol–water partition coefficient (Wildman–Crippen LogP) is 7.68. The third kappa shape index (κ3) is 12.5. The minimum absolute atomic E-state index is 0.138. The van der Waals surface area contributed by atoms with Gasteiger partial charge in [-0.2, -0.15) is 0 Å². The quantitative estimate of drug-likeness (QED) is 0.0297. The summed E-state index contributed by atoms with van der Waals surface area (Å²) in [6.45, 7) is 8.34. The molecular formula is C44H49ClN6O6S2. The highest BCUT2D eigenvalue weighted by molar-refractivity contribution is 7.99. The number of nitrogens with zero attached hydrogens (tertiary/aromatic N) is 3. The summed E-state index contributed by atoms with van der Waals surface area (Å²) in [6.07, 6.45) is 0.568. The Balaban J connectivity index is 1.06. The first-order valence-electron chi connectivity index (χ1n) is 19.4. The lowest BCUT2D eigenvalue weighted by Gasteiger charge is -2.36. The third-order valence-corrected chi connectivity index (χ3v) is 12.7. The summed E-state index contributed by atoms with van der Waals surface area (Å²) in [5.41, 5.74) is 3.41. The second-order valence-electron chi connectivity index (χ2n) is 15.1. The Bertz CT molecular complexity index is 2300. The van der Waals surface area contributed by atoms with Crippen LogP contribution in [0.15, 0.2) is 131 Å². The van der Waals surface area contributed by atoms with E-state index < -0.39 is 37.0 Å². The van der Waals surface area contributed by atoms with Gasteiger partial charge in [0, 0.05) is 78.3 Å². The van der Waals surface area contributed by atoms with Gasteiger partial charge >= 0.3 is 0 Å². The summed E-state index contributed by atoms with van der Waals surface area (Å²) in [5.74, 6) is -0.278. The first-order valence-corrected chi connectivity index (χ1v) is 22.2. The van der Waals surface area contributed by atoms with Crippen LogP contribution in [0.5, 0.6) is 0 Å². The molecule has 5 aromatic rings. The monoisotopic (exact) mass is 856 g/mol. The second kappa shape index (κ2) is 19.9. The number of carbonyl (C=O) groups excluding carboxylic acids is 1. The summed E-state index contributed by atoms with van der Waals surface area (Å²) >= 11 is 7.70. The van der Waals surface area contributed by atoms with Crippen molar-refractivity contribution in [2.24, 2.45) is 0 Å². The normalized spacial score (nSPS) is 14.1. The average molecular weight is 857 g/mol. The van der Waals surface area contributed by atoms with E-state index in [-0.39, 0.29) is 17.3 Å². The first-order chi connectivity index (χ1) is 28.2. The molecule has 0 unspecified atom stereocenters. The Hall–Kier alpha value is -4.96. The molecule has 1 fully saturated rings. The van der Waals surface area contributed by atoms with E-state index in [9.17, 15) is 28.4 Å². The van der Waals surface area contributed by atoms with Gasteiger partial charge in [-0.15, -0.1) is 11.8 Å². The molecule has 59 heavy (non-hydrogen) atoms. The Morgan fingerprint density at radius 1 is 0.915 bits per heavy atom. The predicted molar refractivity (Wildman–Crippen MR) is 237 cm³/mol. The number of carbonyl (C=O) groups is 1. The molecule has 12 nitrogen and oxygen atoms in total. The summed E-state index contributed by atoms with van der Waals surface area (Å²) in [7, 11) is -4.46. The fourth-order valence-corrected chi connectivity index (χ4v) is 8.90. The second-order valence-corrected chi connectivity index (χ2v) is 18.3. The van der Waals surface area contributed by atoms with Crippen LogP contribution in [0.3, 0.4) is 0 Å². The molecule has 1 saturated heterocycles. The summed E-state index contributed by atoms with van der Waals surface area (Å²) in [4.78, 5) is 30.1. The molecule has 1 atom stereocenters. The molecule has 310 valence electrons. The number of hydrogen-bond donors (Lipinski definition) is 4. The number of amides is 1. The van der Waals surface area contributed by atoms with E-state index in [4.69, 9.17) is 11.6 Å². The van der Waals surface area contributed by atoms with Crippen molar-refractivity contribution in [3.05, 3.63) is 148 Å². The van der Waals surface area contributed by atoms with Gasteiger partial charge < -0.3 is 20.6 Å². The minimum atomic E-state index is -4.46. The van der Waals surface area contributed by atoms with Crippen LogP contribution in [0.25, 0.3) is 11.1 Å². The summed E-state index contributed by atoms with van der Waals surface area (Å²) in [5, 5.41) is 29.5.